The normalized spacial score (nSPS) is 16.6. The number of hydrogen-bond donors (Lipinski definition) is 3. The summed E-state index contributed by atoms with van der Waals surface area (Å²) in [5.74, 6) is 0. The number of H-pyrrole nitrogens is 1. The van der Waals surface area contributed by atoms with Gasteiger partial charge in [-0.05, 0) is 17.5 Å². The fourth-order valence-corrected chi connectivity index (χ4v) is 3.54. The Bertz CT molecular complexity index is 689. The molecule has 1 aromatic carbocycles. The van der Waals surface area contributed by atoms with Crippen LogP contribution in [-0.4, -0.2) is 45.9 Å². The van der Waals surface area contributed by atoms with Gasteiger partial charge in [0.2, 0.25) is 0 Å². The van der Waals surface area contributed by atoms with Gasteiger partial charge in [-0.3, -0.25) is 10.00 Å². The molecule has 0 fully saturated rings. The summed E-state index contributed by atoms with van der Waals surface area (Å²) in [6.07, 6.45) is 2.58. The summed E-state index contributed by atoms with van der Waals surface area (Å²) in [6.45, 7) is 10.5. The molecule has 0 amide bonds. The van der Waals surface area contributed by atoms with Crippen LogP contribution in [0.2, 0.25) is 0 Å². The first-order chi connectivity index (χ1) is 11.9. The number of aromatic amines is 1. The summed E-state index contributed by atoms with van der Waals surface area (Å²) in [7, 11) is 0. The Morgan fingerprint density at radius 2 is 2.04 bits per heavy atom. The van der Waals surface area contributed by atoms with Gasteiger partial charge in [-0.15, -0.1) is 0 Å². The van der Waals surface area contributed by atoms with E-state index in [9.17, 15) is 5.11 Å². The topological polar surface area (TPSA) is 64.2 Å². The highest BCUT2D eigenvalue weighted by atomic mass is 16.3. The molecule has 0 saturated carbocycles. The first-order valence-electron chi connectivity index (χ1n) is 9.14. The second kappa shape index (κ2) is 7.68. The maximum absolute atomic E-state index is 10.4. The van der Waals surface area contributed by atoms with Gasteiger partial charge >= 0.3 is 0 Å². The zero-order valence-electron chi connectivity index (χ0n) is 15.5. The van der Waals surface area contributed by atoms with Crippen LogP contribution in [0.5, 0.6) is 0 Å². The largest absolute Gasteiger partial charge is 0.390 e. The maximum atomic E-state index is 10.4. The van der Waals surface area contributed by atoms with E-state index in [0.717, 1.165) is 31.7 Å². The smallest absolute Gasteiger partial charge is 0.0791 e. The van der Waals surface area contributed by atoms with Gasteiger partial charge < -0.3 is 10.4 Å². The fraction of sp³-hybridized carbons (Fsp3) is 0.550. The number of aromatic nitrogens is 2. The Morgan fingerprint density at radius 1 is 1.28 bits per heavy atom. The van der Waals surface area contributed by atoms with Crippen LogP contribution in [0.3, 0.4) is 0 Å². The Balaban J connectivity index is 1.45. The van der Waals surface area contributed by atoms with Crippen molar-refractivity contribution in [2.24, 2.45) is 0 Å². The quantitative estimate of drug-likeness (QED) is 0.753. The van der Waals surface area contributed by atoms with Crippen molar-refractivity contribution in [3.8, 4) is 0 Å². The molecule has 0 bridgehead atoms. The van der Waals surface area contributed by atoms with Crippen LogP contribution in [0.4, 0.5) is 0 Å². The lowest BCUT2D eigenvalue weighted by molar-refractivity contribution is 0.104. The molecule has 3 N–H and O–H groups in total. The van der Waals surface area contributed by atoms with Crippen molar-refractivity contribution in [2.75, 3.05) is 19.6 Å². The van der Waals surface area contributed by atoms with E-state index >= 15 is 0 Å². The summed E-state index contributed by atoms with van der Waals surface area (Å²) < 4.78 is 0. The Labute approximate surface area is 150 Å². The number of benzene rings is 1. The van der Waals surface area contributed by atoms with Crippen molar-refractivity contribution >= 4 is 0 Å². The zero-order chi connectivity index (χ0) is 17.9. The molecule has 2 heterocycles. The second-order valence-corrected chi connectivity index (χ2v) is 8.06. The summed E-state index contributed by atoms with van der Waals surface area (Å²) in [5, 5.41) is 21.0. The Kier molecular flexibility index (Phi) is 5.57. The molecule has 0 radical (unpaired) electrons. The highest BCUT2D eigenvalue weighted by Gasteiger charge is 2.21. The first kappa shape index (κ1) is 18.1. The van der Waals surface area contributed by atoms with E-state index in [-0.39, 0.29) is 11.5 Å². The standard InChI is InChI=1S/C20H30N4O/c1-20(2,3)19-17(11-22-23-19)10-21-12-18(25)14-24-9-8-15-6-4-5-7-16(15)13-24/h4-7,11,18,21,25H,8-10,12-14H2,1-3H3,(H,22,23)/t18-/m0/s1. The van der Waals surface area contributed by atoms with Gasteiger partial charge in [0.15, 0.2) is 0 Å². The van der Waals surface area contributed by atoms with Crippen LogP contribution in [0.25, 0.3) is 0 Å². The van der Waals surface area contributed by atoms with Gasteiger partial charge in [-0.2, -0.15) is 5.10 Å². The number of β-amino-alcohol motifs (C(OH)–C–C–N with tert-alkyl or cyclic N) is 1. The summed E-state index contributed by atoms with van der Waals surface area (Å²) >= 11 is 0. The van der Waals surface area contributed by atoms with Gasteiger partial charge in [0.1, 0.15) is 0 Å². The van der Waals surface area contributed by atoms with E-state index < -0.39 is 0 Å². The molecule has 1 aliphatic rings. The van der Waals surface area contributed by atoms with E-state index in [1.54, 1.807) is 0 Å². The van der Waals surface area contributed by atoms with Crippen molar-refractivity contribution in [2.45, 2.75) is 51.8 Å². The van der Waals surface area contributed by atoms with Gasteiger partial charge in [0.25, 0.3) is 0 Å². The third kappa shape index (κ3) is 4.69. The Morgan fingerprint density at radius 3 is 2.80 bits per heavy atom. The second-order valence-electron chi connectivity index (χ2n) is 8.06. The monoisotopic (exact) mass is 342 g/mol. The van der Waals surface area contributed by atoms with Gasteiger partial charge in [-0.1, -0.05) is 45.0 Å². The highest BCUT2D eigenvalue weighted by Crippen LogP contribution is 2.23. The molecule has 5 heteroatoms. The number of aliphatic hydroxyl groups is 1. The van der Waals surface area contributed by atoms with Crippen molar-refractivity contribution in [1.82, 2.24) is 20.4 Å². The lowest BCUT2D eigenvalue weighted by atomic mass is 9.89. The third-order valence-electron chi connectivity index (χ3n) is 4.84. The maximum Gasteiger partial charge on any atom is 0.0791 e. The first-order valence-corrected chi connectivity index (χ1v) is 9.14. The minimum atomic E-state index is -0.366. The molecule has 1 aromatic heterocycles. The van der Waals surface area contributed by atoms with Crippen LogP contribution in [-0.2, 0) is 24.9 Å². The molecule has 1 atom stereocenters. The predicted octanol–water partition coefficient (Wildman–Crippen LogP) is 2.22. The van der Waals surface area contributed by atoms with Crippen molar-refractivity contribution < 1.29 is 5.11 Å². The van der Waals surface area contributed by atoms with Crippen LogP contribution < -0.4 is 5.32 Å². The molecule has 0 spiro atoms. The van der Waals surface area contributed by atoms with Gasteiger partial charge in [0, 0.05) is 49.4 Å². The van der Waals surface area contributed by atoms with Crippen LogP contribution in [0.1, 0.15) is 43.2 Å². The molecule has 5 nitrogen and oxygen atoms in total. The van der Waals surface area contributed by atoms with Crippen molar-refractivity contribution in [3.63, 3.8) is 0 Å². The number of rotatable bonds is 6. The average Bonchev–Trinajstić information content (AvgIpc) is 3.03. The summed E-state index contributed by atoms with van der Waals surface area (Å²) in [4.78, 5) is 2.34. The molecule has 136 valence electrons. The molecule has 2 aromatic rings. The van der Waals surface area contributed by atoms with E-state index in [2.05, 4.69) is 65.5 Å². The number of nitrogens with zero attached hydrogens (tertiary/aromatic N) is 2. The Hall–Kier alpha value is -1.69. The van der Waals surface area contributed by atoms with E-state index in [4.69, 9.17) is 0 Å². The highest BCUT2D eigenvalue weighted by molar-refractivity contribution is 5.29. The van der Waals surface area contributed by atoms with E-state index in [1.165, 1.54) is 16.7 Å². The molecular formula is C20H30N4O. The summed E-state index contributed by atoms with van der Waals surface area (Å²) in [5.41, 5.74) is 5.21. The molecule has 3 rings (SSSR count). The van der Waals surface area contributed by atoms with Crippen molar-refractivity contribution in [3.05, 3.63) is 52.8 Å². The number of fused-ring (bicyclic) bond motifs is 1. The number of nitrogens with one attached hydrogen (secondary N) is 2. The predicted molar refractivity (Wildman–Crippen MR) is 100 cm³/mol. The molecule has 1 aliphatic heterocycles. The SMILES string of the molecule is CC(C)(C)c1[nH]ncc1CNC[C@H](O)CN1CCc2ccccc2C1. The summed E-state index contributed by atoms with van der Waals surface area (Å²) in [6, 6.07) is 8.61. The molecule has 0 unspecified atom stereocenters. The molecule has 25 heavy (non-hydrogen) atoms. The lowest BCUT2D eigenvalue weighted by Crippen LogP contribution is -2.40. The van der Waals surface area contributed by atoms with Crippen LogP contribution >= 0.6 is 0 Å². The number of hydrogen-bond acceptors (Lipinski definition) is 4. The number of aliphatic hydroxyl groups excluding tert-OH is 1. The zero-order valence-corrected chi connectivity index (χ0v) is 15.5. The minimum absolute atomic E-state index is 0.0489. The lowest BCUT2D eigenvalue weighted by Gasteiger charge is -2.30. The van der Waals surface area contributed by atoms with Crippen LogP contribution in [0.15, 0.2) is 30.5 Å². The van der Waals surface area contributed by atoms with Crippen molar-refractivity contribution in [1.29, 1.82) is 0 Å². The van der Waals surface area contributed by atoms with Crippen LogP contribution in [0, 0.1) is 0 Å². The van der Waals surface area contributed by atoms with Gasteiger partial charge in [0.05, 0.1) is 12.3 Å². The molecule has 0 saturated heterocycles. The third-order valence-corrected chi connectivity index (χ3v) is 4.84. The molecular weight excluding hydrogens is 312 g/mol. The minimum Gasteiger partial charge on any atom is -0.390 e. The average molecular weight is 342 g/mol. The fourth-order valence-electron chi connectivity index (χ4n) is 3.54. The van der Waals surface area contributed by atoms with E-state index in [1.807, 2.05) is 6.20 Å². The van der Waals surface area contributed by atoms with Gasteiger partial charge in [-0.25, -0.2) is 0 Å². The molecule has 0 aliphatic carbocycles. The van der Waals surface area contributed by atoms with E-state index in [0.29, 0.717) is 13.1 Å².